The van der Waals surface area contributed by atoms with Crippen LogP contribution < -0.4 is 18.9 Å². The van der Waals surface area contributed by atoms with Gasteiger partial charge in [0.15, 0.2) is 11.5 Å². The third-order valence-corrected chi connectivity index (χ3v) is 8.77. The molecule has 7 nitrogen and oxygen atoms in total. The fourth-order valence-corrected chi connectivity index (χ4v) is 6.59. The third-order valence-electron chi connectivity index (χ3n) is 6.82. The van der Waals surface area contributed by atoms with Crippen LogP contribution in [0.5, 0.6) is 17.2 Å². The summed E-state index contributed by atoms with van der Waals surface area (Å²) in [6, 6.07) is 7.20. The van der Waals surface area contributed by atoms with Crippen LogP contribution in [0.3, 0.4) is 0 Å². The Morgan fingerprint density at radius 1 is 1.12 bits per heavy atom. The van der Waals surface area contributed by atoms with Crippen molar-refractivity contribution < 1.29 is 22.6 Å². The van der Waals surface area contributed by atoms with E-state index in [1.54, 1.807) is 25.3 Å². The van der Waals surface area contributed by atoms with Crippen molar-refractivity contribution in [2.45, 2.75) is 44.6 Å². The highest BCUT2D eigenvalue weighted by atomic mass is 35.5. The Morgan fingerprint density at radius 3 is 2.56 bits per heavy atom. The molecule has 1 fully saturated rings. The van der Waals surface area contributed by atoms with Gasteiger partial charge in [-0.05, 0) is 87.5 Å². The molecule has 4 rings (SSSR count). The number of piperidine rings is 1. The predicted octanol–water partition coefficient (Wildman–Crippen LogP) is 4.10. The van der Waals surface area contributed by atoms with E-state index in [9.17, 15) is 8.42 Å². The Kier molecular flexibility index (Phi) is 7.62. The van der Waals surface area contributed by atoms with Crippen molar-refractivity contribution in [1.29, 1.82) is 0 Å². The minimum Gasteiger partial charge on any atom is -0.496 e. The molecule has 0 aliphatic carbocycles. The largest absolute Gasteiger partial charge is 0.496 e. The second kappa shape index (κ2) is 10.3. The maximum absolute atomic E-state index is 13.1. The van der Waals surface area contributed by atoms with Crippen LogP contribution in [0.25, 0.3) is 0 Å². The minimum atomic E-state index is -3.60. The van der Waals surface area contributed by atoms with Gasteiger partial charge in [0.1, 0.15) is 18.5 Å². The van der Waals surface area contributed by atoms with E-state index in [2.05, 4.69) is 9.62 Å². The molecule has 1 N–H and O–H groups in total. The Bertz CT molecular complexity index is 1150. The Morgan fingerprint density at radius 2 is 1.85 bits per heavy atom. The molecule has 0 radical (unpaired) electrons. The molecule has 0 spiro atoms. The molecule has 1 atom stereocenters. The van der Waals surface area contributed by atoms with E-state index in [0.717, 1.165) is 49.4 Å². The number of fused-ring (bicyclic) bond motifs is 1. The highest BCUT2D eigenvalue weighted by molar-refractivity contribution is 7.89. The first-order chi connectivity index (χ1) is 16.2. The molecule has 0 aromatic heterocycles. The lowest BCUT2D eigenvalue weighted by Crippen LogP contribution is -2.45. The topological polar surface area (TPSA) is 77.1 Å². The predicted molar refractivity (Wildman–Crippen MR) is 133 cm³/mol. The summed E-state index contributed by atoms with van der Waals surface area (Å²) in [5.41, 5.74) is 2.28. The highest BCUT2D eigenvalue weighted by Gasteiger charge is 2.28. The van der Waals surface area contributed by atoms with Crippen molar-refractivity contribution in [3.63, 3.8) is 0 Å². The average Bonchev–Trinajstić information content (AvgIpc) is 2.80. The van der Waals surface area contributed by atoms with Gasteiger partial charge in [0.05, 0.1) is 12.0 Å². The van der Waals surface area contributed by atoms with Gasteiger partial charge < -0.3 is 14.2 Å². The summed E-state index contributed by atoms with van der Waals surface area (Å²) in [7, 11) is -2.00. The van der Waals surface area contributed by atoms with Gasteiger partial charge in [-0.25, -0.2) is 13.1 Å². The van der Waals surface area contributed by atoms with Crippen LogP contribution in [0.4, 0.5) is 0 Å². The lowest BCUT2D eigenvalue weighted by atomic mass is 9.97. The van der Waals surface area contributed by atoms with E-state index < -0.39 is 10.0 Å². The number of nitrogens with one attached hydrogen (secondary N) is 1. The normalized spacial score (nSPS) is 19.3. The molecule has 0 bridgehead atoms. The first kappa shape index (κ1) is 25.1. The SMILES string of the molecule is COc1cc(C)c(S(=O)(=O)NCC2CCN(CC3COc4ccc(Cl)cc4O3)CC2)c(C)c1C. The van der Waals surface area contributed by atoms with Gasteiger partial charge in [0, 0.05) is 24.2 Å². The van der Waals surface area contributed by atoms with Crippen LogP contribution in [0, 0.1) is 26.7 Å². The first-order valence-corrected chi connectivity index (χ1v) is 13.5. The molecule has 2 aliphatic heterocycles. The van der Waals surface area contributed by atoms with E-state index in [1.165, 1.54) is 0 Å². The van der Waals surface area contributed by atoms with Crippen LogP contribution >= 0.6 is 11.6 Å². The number of nitrogens with zero attached hydrogens (tertiary/aromatic N) is 1. The zero-order valence-corrected chi connectivity index (χ0v) is 21.8. The van der Waals surface area contributed by atoms with Crippen molar-refractivity contribution in [3.8, 4) is 17.2 Å². The summed E-state index contributed by atoms with van der Waals surface area (Å²) in [6.07, 6.45) is 1.81. The number of aryl methyl sites for hydroxylation is 1. The van der Waals surface area contributed by atoms with Gasteiger partial charge in [0.25, 0.3) is 0 Å². The quantitative estimate of drug-likeness (QED) is 0.606. The summed E-state index contributed by atoms with van der Waals surface area (Å²) >= 11 is 6.07. The molecule has 0 amide bonds. The minimum absolute atomic E-state index is 0.0507. The van der Waals surface area contributed by atoms with Gasteiger partial charge in [-0.3, -0.25) is 4.90 Å². The number of halogens is 1. The molecule has 1 unspecified atom stereocenters. The molecule has 2 heterocycles. The summed E-state index contributed by atoms with van der Waals surface area (Å²) < 4.78 is 46.4. The number of hydrogen-bond acceptors (Lipinski definition) is 6. The molecule has 2 aliphatic rings. The fourth-order valence-electron chi connectivity index (χ4n) is 4.79. The van der Waals surface area contributed by atoms with E-state index in [4.69, 9.17) is 25.8 Å². The molecule has 9 heteroatoms. The molecule has 0 saturated carbocycles. The monoisotopic (exact) mass is 508 g/mol. The van der Waals surface area contributed by atoms with Crippen molar-refractivity contribution in [2.75, 3.05) is 39.9 Å². The van der Waals surface area contributed by atoms with Gasteiger partial charge in [-0.15, -0.1) is 0 Å². The molecular weight excluding hydrogens is 476 g/mol. The summed E-state index contributed by atoms with van der Waals surface area (Å²) in [6.45, 7) is 9.04. The van der Waals surface area contributed by atoms with Crippen LogP contribution in [-0.2, 0) is 10.0 Å². The van der Waals surface area contributed by atoms with Crippen molar-refractivity contribution in [3.05, 3.63) is 46.0 Å². The van der Waals surface area contributed by atoms with Crippen LogP contribution in [0.15, 0.2) is 29.2 Å². The molecule has 2 aromatic rings. The van der Waals surface area contributed by atoms with Crippen LogP contribution in [-0.4, -0.2) is 59.3 Å². The second-order valence-electron chi connectivity index (χ2n) is 9.21. The van der Waals surface area contributed by atoms with Crippen molar-refractivity contribution in [2.24, 2.45) is 5.92 Å². The summed E-state index contributed by atoms with van der Waals surface area (Å²) in [5.74, 6) is 2.42. The average molecular weight is 509 g/mol. The molecular formula is C25H33ClN2O5S. The fraction of sp³-hybridized carbons (Fsp3) is 0.520. The molecule has 34 heavy (non-hydrogen) atoms. The Balaban J connectivity index is 1.29. The number of likely N-dealkylation sites (tertiary alicyclic amines) is 1. The number of sulfonamides is 1. The summed E-state index contributed by atoms with van der Waals surface area (Å²) in [4.78, 5) is 2.72. The maximum Gasteiger partial charge on any atom is 0.241 e. The van der Waals surface area contributed by atoms with Crippen molar-refractivity contribution in [1.82, 2.24) is 9.62 Å². The molecule has 2 aromatic carbocycles. The number of ether oxygens (including phenoxy) is 3. The smallest absolute Gasteiger partial charge is 0.241 e. The zero-order valence-electron chi connectivity index (χ0n) is 20.2. The van der Waals surface area contributed by atoms with Gasteiger partial charge >= 0.3 is 0 Å². The van der Waals surface area contributed by atoms with Crippen LogP contribution in [0.2, 0.25) is 5.02 Å². The molecule has 1 saturated heterocycles. The van der Waals surface area contributed by atoms with E-state index in [0.29, 0.717) is 46.1 Å². The van der Waals surface area contributed by atoms with Crippen LogP contribution in [0.1, 0.15) is 29.5 Å². The third kappa shape index (κ3) is 5.46. The number of rotatable bonds is 7. The maximum atomic E-state index is 13.1. The number of methoxy groups -OCH3 is 1. The number of hydrogen-bond donors (Lipinski definition) is 1. The van der Waals surface area contributed by atoms with Crippen molar-refractivity contribution >= 4 is 21.6 Å². The van der Waals surface area contributed by atoms with E-state index in [1.807, 2.05) is 26.8 Å². The standard InChI is InChI=1S/C25H33ClN2O5S/c1-16-11-23(31-4)17(2)18(3)25(16)34(29,30)27-13-19-7-9-28(10-8-19)14-21-15-32-22-6-5-20(26)12-24(22)33-21/h5-6,11-12,19,21,27H,7-10,13-15H2,1-4H3. The lowest BCUT2D eigenvalue weighted by molar-refractivity contribution is 0.0481. The lowest BCUT2D eigenvalue weighted by Gasteiger charge is -2.35. The Hall–Kier alpha value is -2.00. The number of benzene rings is 2. The first-order valence-electron chi connectivity index (χ1n) is 11.6. The highest BCUT2D eigenvalue weighted by Crippen LogP contribution is 2.34. The second-order valence-corrected chi connectivity index (χ2v) is 11.4. The van der Waals surface area contributed by atoms with E-state index >= 15 is 0 Å². The summed E-state index contributed by atoms with van der Waals surface area (Å²) in [5, 5.41) is 0.626. The van der Waals surface area contributed by atoms with E-state index in [-0.39, 0.29) is 6.10 Å². The zero-order chi connectivity index (χ0) is 24.5. The Labute approximate surface area is 207 Å². The van der Waals surface area contributed by atoms with Gasteiger partial charge in [0.2, 0.25) is 10.0 Å². The van der Waals surface area contributed by atoms with Gasteiger partial charge in [-0.1, -0.05) is 11.6 Å². The molecule has 186 valence electrons. The van der Waals surface area contributed by atoms with Gasteiger partial charge in [-0.2, -0.15) is 0 Å².